The van der Waals surface area contributed by atoms with Crippen LogP contribution in [0.3, 0.4) is 0 Å². The normalized spacial score (nSPS) is 12.1. The van der Waals surface area contributed by atoms with Gasteiger partial charge in [0.15, 0.2) is 0 Å². The van der Waals surface area contributed by atoms with Crippen LogP contribution in [0.5, 0.6) is 0 Å². The average Bonchev–Trinajstić information content (AvgIpc) is 2.25. The molecule has 1 rings (SSSR count). The summed E-state index contributed by atoms with van der Waals surface area (Å²) in [6.07, 6.45) is 1.05. The molecule has 0 saturated heterocycles. The predicted octanol–water partition coefficient (Wildman–Crippen LogP) is 2.23. The van der Waals surface area contributed by atoms with Crippen molar-refractivity contribution in [2.45, 2.75) is 23.5 Å². The molecule has 0 bridgehead atoms. The lowest BCUT2D eigenvalue weighted by molar-refractivity contribution is -0.145. The topological polar surface area (TPSA) is 52.3 Å². The Hall–Kier alpha value is -0.620. The molecule has 0 heterocycles. The lowest BCUT2D eigenvalue weighted by Gasteiger charge is -2.05. The molecule has 0 aliphatic carbocycles. The Bertz CT molecular complexity index is 301. The van der Waals surface area contributed by atoms with Crippen molar-refractivity contribution >= 4 is 28.6 Å². The van der Waals surface area contributed by atoms with E-state index in [-0.39, 0.29) is 10.0 Å². The van der Waals surface area contributed by atoms with Gasteiger partial charge in [-0.3, -0.25) is 4.79 Å². The van der Waals surface area contributed by atoms with Gasteiger partial charge in [-0.1, -0.05) is 52.9 Å². The van der Waals surface area contributed by atoms with Gasteiger partial charge in [0.2, 0.25) is 0 Å². The Kier molecular flexibility index (Phi) is 5.63. The number of carbonyl (C=O) groups is 1. The van der Waals surface area contributed by atoms with Crippen LogP contribution in [0.25, 0.3) is 0 Å². The standard InChI is InChI=1S/C11H14INO2/c12-10(13)6-7-11(14)15-8-9-4-2-1-3-5-9/h1-5,10H,6-8,13H2. The molecule has 2 N–H and O–H groups in total. The number of alkyl halides is 1. The molecule has 0 saturated carbocycles. The Morgan fingerprint density at radius 2 is 2.07 bits per heavy atom. The molecule has 1 aromatic rings. The molecule has 0 aliphatic rings. The fourth-order valence-electron chi connectivity index (χ4n) is 1.07. The van der Waals surface area contributed by atoms with E-state index in [0.717, 1.165) is 5.56 Å². The molecule has 1 aromatic carbocycles. The van der Waals surface area contributed by atoms with Gasteiger partial charge in [-0.2, -0.15) is 0 Å². The summed E-state index contributed by atoms with van der Waals surface area (Å²) in [5, 5.41) is 0. The van der Waals surface area contributed by atoms with Crippen molar-refractivity contribution in [2.24, 2.45) is 5.73 Å². The van der Waals surface area contributed by atoms with Crippen LogP contribution in [-0.2, 0) is 16.1 Å². The number of hydrogen-bond acceptors (Lipinski definition) is 3. The molecular weight excluding hydrogens is 305 g/mol. The average molecular weight is 319 g/mol. The van der Waals surface area contributed by atoms with Crippen molar-refractivity contribution < 1.29 is 9.53 Å². The third-order valence-electron chi connectivity index (χ3n) is 1.87. The van der Waals surface area contributed by atoms with E-state index in [0.29, 0.717) is 19.4 Å². The zero-order valence-electron chi connectivity index (χ0n) is 8.36. The maximum Gasteiger partial charge on any atom is 0.306 e. The third-order valence-corrected chi connectivity index (χ3v) is 2.49. The number of halogens is 1. The van der Waals surface area contributed by atoms with Crippen LogP contribution in [0.15, 0.2) is 30.3 Å². The zero-order chi connectivity index (χ0) is 11.1. The third kappa shape index (κ3) is 5.74. The molecule has 0 fully saturated rings. The summed E-state index contributed by atoms with van der Waals surface area (Å²) < 4.78 is 5.10. The van der Waals surface area contributed by atoms with Crippen molar-refractivity contribution in [1.82, 2.24) is 0 Å². The fourth-order valence-corrected chi connectivity index (χ4v) is 1.38. The van der Waals surface area contributed by atoms with Gasteiger partial charge >= 0.3 is 5.97 Å². The first-order valence-corrected chi connectivity index (χ1v) is 6.02. The molecule has 0 spiro atoms. The second-order valence-corrected chi connectivity index (χ2v) is 4.80. The molecule has 0 aromatic heterocycles. The smallest absolute Gasteiger partial charge is 0.306 e. The van der Waals surface area contributed by atoms with E-state index in [2.05, 4.69) is 22.6 Å². The number of carbonyl (C=O) groups excluding carboxylic acids is 1. The van der Waals surface area contributed by atoms with Crippen LogP contribution in [0, 0.1) is 0 Å². The Morgan fingerprint density at radius 3 is 2.67 bits per heavy atom. The van der Waals surface area contributed by atoms with E-state index in [9.17, 15) is 4.79 Å². The molecule has 0 radical (unpaired) electrons. The minimum atomic E-state index is -0.189. The minimum Gasteiger partial charge on any atom is -0.461 e. The second kappa shape index (κ2) is 6.79. The molecule has 3 nitrogen and oxygen atoms in total. The first-order chi connectivity index (χ1) is 7.18. The number of esters is 1. The van der Waals surface area contributed by atoms with Gasteiger partial charge < -0.3 is 10.5 Å². The Balaban J connectivity index is 2.23. The van der Waals surface area contributed by atoms with Crippen molar-refractivity contribution in [3.8, 4) is 0 Å². The van der Waals surface area contributed by atoms with E-state index in [4.69, 9.17) is 10.5 Å². The zero-order valence-corrected chi connectivity index (χ0v) is 10.5. The highest BCUT2D eigenvalue weighted by Gasteiger charge is 2.05. The molecule has 0 amide bonds. The van der Waals surface area contributed by atoms with Crippen molar-refractivity contribution in [3.63, 3.8) is 0 Å². The highest BCUT2D eigenvalue weighted by molar-refractivity contribution is 14.1. The van der Waals surface area contributed by atoms with Crippen molar-refractivity contribution in [3.05, 3.63) is 35.9 Å². The minimum absolute atomic E-state index is 0.0203. The van der Waals surface area contributed by atoms with Crippen LogP contribution >= 0.6 is 22.6 Å². The number of hydrogen-bond donors (Lipinski definition) is 1. The van der Waals surface area contributed by atoms with Gasteiger partial charge in [0, 0.05) is 6.42 Å². The largest absolute Gasteiger partial charge is 0.461 e. The van der Waals surface area contributed by atoms with Crippen molar-refractivity contribution in [2.75, 3.05) is 0 Å². The van der Waals surface area contributed by atoms with Gasteiger partial charge in [0.1, 0.15) is 6.61 Å². The summed E-state index contributed by atoms with van der Waals surface area (Å²) in [5.41, 5.74) is 6.53. The van der Waals surface area contributed by atoms with Gasteiger partial charge in [-0.25, -0.2) is 0 Å². The van der Waals surface area contributed by atoms with Crippen molar-refractivity contribution in [1.29, 1.82) is 0 Å². The van der Waals surface area contributed by atoms with Gasteiger partial charge in [-0.15, -0.1) is 0 Å². The number of benzene rings is 1. The van der Waals surface area contributed by atoms with Gasteiger partial charge in [0.05, 0.1) is 4.05 Å². The summed E-state index contributed by atoms with van der Waals surface area (Å²) in [6, 6.07) is 9.63. The van der Waals surface area contributed by atoms with Crippen LogP contribution in [-0.4, -0.2) is 10.0 Å². The first-order valence-electron chi connectivity index (χ1n) is 4.77. The van der Waals surface area contributed by atoms with Crippen LogP contribution in [0.4, 0.5) is 0 Å². The number of nitrogens with two attached hydrogens (primary N) is 1. The lowest BCUT2D eigenvalue weighted by atomic mass is 10.2. The second-order valence-electron chi connectivity index (χ2n) is 3.20. The quantitative estimate of drug-likeness (QED) is 0.392. The Morgan fingerprint density at radius 1 is 1.40 bits per heavy atom. The van der Waals surface area contributed by atoms with E-state index < -0.39 is 0 Å². The first kappa shape index (κ1) is 12.4. The molecule has 82 valence electrons. The maximum atomic E-state index is 11.2. The van der Waals surface area contributed by atoms with E-state index in [1.54, 1.807) is 0 Å². The molecule has 0 aliphatic heterocycles. The highest BCUT2D eigenvalue weighted by atomic mass is 127. The van der Waals surface area contributed by atoms with E-state index in [1.165, 1.54) is 0 Å². The monoisotopic (exact) mass is 319 g/mol. The highest BCUT2D eigenvalue weighted by Crippen LogP contribution is 2.05. The predicted molar refractivity (Wildman–Crippen MR) is 67.5 cm³/mol. The van der Waals surface area contributed by atoms with Crippen LogP contribution in [0.2, 0.25) is 0 Å². The molecule has 15 heavy (non-hydrogen) atoms. The maximum absolute atomic E-state index is 11.2. The SMILES string of the molecule is NC(I)CCC(=O)OCc1ccccc1. The fraction of sp³-hybridized carbons (Fsp3) is 0.364. The lowest BCUT2D eigenvalue weighted by Crippen LogP contribution is -2.14. The number of ether oxygens (including phenoxy) is 1. The number of rotatable bonds is 5. The molecule has 1 unspecified atom stereocenters. The van der Waals surface area contributed by atoms with E-state index >= 15 is 0 Å². The molecular formula is C11H14INO2. The van der Waals surface area contributed by atoms with Gasteiger partial charge in [0.25, 0.3) is 0 Å². The molecule has 4 heteroatoms. The molecule has 1 atom stereocenters. The van der Waals surface area contributed by atoms with Gasteiger partial charge in [-0.05, 0) is 12.0 Å². The summed E-state index contributed by atoms with van der Waals surface area (Å²) in [6.45, 7) is 0.343. The summed E-state index contributed by atoms with van der Waals surface area (Å²) >= 11 is 2.09. The van der Waals surface area contributed by atoms with E-state index in [1.807, 2.05) is 30.3 Å². The van der Waals surface area contributed by atoms with Crippen LogP contribution in [0.1, 0.15) is 18.4 Å². The summed E-state index contributed by atoms with van der Waals surface area (Å²) in [7, 11) is 0. The summed E-state index contributed by atoms with van der Waals surface area (Å²) in [5.74, 6) is -0.189. The Labute approximate surface area is 103 Å². The van der Waals surface area contributed by atoms with Crippen LogP contribution < -0.4 is 5.73 Å². The summed E-state index contributed by atoms with van der Waals surface area (Å²) in [4.78, 5) is 11.2.